The number of nitrogens with one attached hydrogen (secondary N) is 1. The molecule has 1 saturated heterocycles. The SMILES string of the molecule is COc1ccccc1NC(=O)CN1CCN(Cc2cccc(F)c2)CC1. The summed E-state index contributed by atoms with van der Waals surface area (Å²) in [5.41, 5.74) is 1.66. The van der Waals surface area contributed by atoms with Crippen LogP contribution in [0.1, 0.15) is 5.56 Å². The monoisotopic (exact) mass is 357 g/mol. The highest BCUT2D eigenvalue weighted by Crippen LogP contribution is 2.22. The van der Waals surface area contributed by atoms with Gasteiger partial charge in [-0.15, -0.1) is 0 Å². The number of carbonyl (C=O) groups excluding carboxylic acids is 1. The number of halogens is 1. The van der Waals surface area contributed by atoms with Gasteiger partial charge in [0.15, 0.2) is 0 Å². The summed E-state index contributed by atoms with van der Waals surface area (Å²) in [7, 11) is 1.59. The van der Waals surface area contributed by atoms with Crippen molar-refractivity contribution in [3.8, 4) is 5.75 Å². The van der Waals surface area contributed by atoms with Gasteiger partial charge in [0, 0.05) is 32.7 Å². The number of nitrogens with zero attached hydrogens (tertiary/aromatic N) is 2. The van der Waals surface area contributed by atoms with Crippen LogP contribution in [0.5, 0.6) is 5.75 Å². The summed E-state index contributed by atoms with van der Waals surface area (Å²) < 4.78 is 18.5. The van der Waals surface area contributed by atoms with Gasteiger partial charge in [0.1, 0.15) is 11.6 Å². The summed E-state index contributed by atoms with van der Waals surface area (Å²) >= 11 is 0. The number of para-hydroxylation sites is 2. The molecule has 2 aromatic rings. The van der Waals surface area contributed by atoms with Gasteiger partial charge in [-0.3, -0.25) is 14.6 Å². The van der Waals surface area contributed by atoms with Gasteiger partial charge in [0.2, 0.25) is 5.91 Å². The molecule has 5 nitrogen and oxygen atoms in total. The molecule has 0 unspecified atom stereocenters. The summed E-state index contributed by atoms with van der Waals surface area (Å²) in [5, 5.41) is 2.91. The van der Waals surface area contributed by atoms with Crippen molar-refractivity contribution < 1.29 is 13.9 Å². The molecule has 1 N–H and O–H groups in total. The first-order valence-corrected chi connectivity index (χ1v) is 8.76. The molecule has 0 aliphatic carbocycles. The zero-order valence-electron chi connectivity index (χ0n) is 15.0. The number of rotatable bonds is 6. The summed E-state index contributed by atoms with van der Waals surface area (Å²) in [5.74, 6) is 0.406. The highest BCUT2D eigenvalue weighted by molar-refractivity contribution is 5.93. The number of carbonyl (C=O) groups is 1. The molecule has 0 saturated carbocycles. The Labute approximate surface area is 153 Å². The van der Waals surface area contributed by atoms with Crippen molar-refractivity contribution in [1.82, 2.24) is 9.80 Å². The second kappa shape index (κ2) is 8.78. The number of anilines is 1. The zero-order valence-corrected chi connectivity index (χ0v) is 15.0. The lowest BCUT2D eigenvalue weighted by molar-refractivity contribution is -0.117. The summed E-state index contributed by atoms with van der Waals surface area (Å²) in [6.45, 7) is 4.44. The quantitative estimate of drug-likeness (QED) is 0.863. The third-order valence-electron chi connectivity index (χ3n) is 4.51. The first kappa shape index (κ1) is 18.4. The highest BCUT2D eigenvalue weighted by Gasteiger charge is 2.19. The van der Waals surface area contributed by atoms with Crippen molar-refractivity contribution >= 4 is 11.6 Å². The maximum Gasteiger partial charge on any atom is 0.238 e. The molecule has 1 heterocycles. The Morgan fingerprint density at radius 3 is 2.54 bits per heavy atom. The molecular weight excluding hydrogens is 333 g/mol. The second-order valence-electron chi connectivity index (χ2n) is 6.43. The van der Waals surface area contributed by atoms with Crippen LogP contribution in [-0.2, 0) is 11.3 Å². The minimum absolute atomic E-state index is 0.0481. The van der Waals surface area contributed by atoms with Crippen LogP contribution in [0.4, 0.5) is 10.1 Å². The Kier molecular flexibility index (Phi) is 6.20. The predicted molar refractivity (Wildman–Crippen MR) is 99.7 cm³/mol. The van der Waals surface area contributed by atoms with Crippen molar-refractivity contribution in [3.05, 3.63) is 59.9 Å². The Bertz CT molecular complexity index is 745. The van der Waals surface area contributed by atoms with Crippen molar-refractivity contribution in [1.29, 1.82) is 0 Å². The Balaban J connectivity index is 1.45. The lowest BCUT2D eigenvalue weighted by Crippen LogP contribution is -2.48. The molecule has 0 radical (unpaired) electrons. The molecule has 0 spiro atoms. The molecule has 1 fully saturated rings. The van der Waals surface area contributed by atoms with Crippen LogP contribution in [0.25, 0.3) is 0 Å². The average molecular weight is 357 g/mol. The molecule has 3 rings (SSSR count). The van der Waals surface area contributed by atoms with E-state index in [4.69, 9.17) is 4.74 Å². The fourth-order valence-electron chi connectivity index (χ4n) is 3.14. The first-order chi connectivity index (χ1) is 12.6. The van der Waals surface area contributed by atoms with Crippen molar-refractivity contribution in [2.75, 3.05) is 45.2 Å². The van der Waals surface area contributed by atoms with Gasteiger partial charge < -0.3 is 10.1 Å². The second-order valence-corrected chi connectivity index (χ2v) is 6.43. The topological polar surface area (TPSA) is 44.8 Å². The maximum atomic E-state index is 13.3. The van der Waals surface area contributed by atoms with Crippen molar-refractivity contribution in [3.63, 3.8) is 0 Å². The maximum absolute atomic E-state index is 13.3. The molecule has 2 aromatic carbocycles. The Morgan fingerprint density at radius 1 is 1.08 bits per heavy atom. The van der Waals surface area contributed by atoms with E-state index >= 15 is 0 Å². The minimum atomic E-state index is -0.200. The highest BCUT2D eigenvalue weighted by atomic mass is 19.1. The normalized spacial score (nSPS) is 15.6. The molecule has 0 bridgehead atoms. The third-order valence-corrected chi connectivity index (χ3v) is 4.51. The standard InChI is InChI=1S/C20H24FN3O2/c1-26-19-8-3-2-7-18(19)22-20(25)15-24-11-9-23(10-12-24)14-16-5-4-6-17(21)13-16/h2-8,13H,9-12,14-15H2,1H3,(H,22,25). The lowest BCUT2D eigenvalue weighted by Gasteiger charge is -2.34. The van der Waals surface area contributed by atoms with Crippen LogP contribution in [0.3, 0.4) is 0 Å². The fourth-order valence-corrected chi connectivity index (χ4v) is 3.14. The van der Waals surface area contributed by atoms with E-state index in [2.05, 4.69) is 15.1 Å². The fraction of sp³-hybridized carbons (Fsp3) is 0.350. The number of piperazine rings is 1. The van der Waals surface area contributed by atoms with Crippen LogP contribution in [0, 0.1) is 5.82 Å². The van der Waals surface area contributed by atoms with E-state index in [1.54, 1.807) is 19.2 Å². The summed E-state index contributed by atoms with van der Waals surface area (Å²) in [4.78, 5) is 16.7. The number of hydrogen-bond acceptors (Lipinski definition) is 4. The smallest absolute Gasteiger partial charge is 0.238 e. The molecular formula is C20H24FN3O2. The minimum Gasteiger partial charge on any atom is -0.495 e. The van der Waals surface area contributed by atoms with E-state index in [9.17, 15) is 9.18 Å². The number of hydrogen-bond donors (Lipinski definition) is 1. The molecule has 26 heavy (non-hydrogen) atoms. The molecule has 0 atom stereocenters. The van der Waals surface area contributed by atoms with Crippen LogP contribution in [0.2, 0.25) is 0 Å². The van der Waals surface area contributed by atoms with Gasteiger partial charge in [-0.1, -0.05) is 24.3 Å². The molecule has 1 aliphatic heterocycles. The zero-order chi connectivity index (χ0) is 18.4. The molecule has 1 amide bonds. The van der Waals surface area contributed by atoms with Crippen LogP contribution < -0.4 is 10.1 Å². The Hall–Kier alpha value is -2.44. The third kappa shape index (κ3) is 5.03. The Morgan fingerprint density at radius 2 is 1.81 bits per heavy atom. The molecule has 0 aromatic heterocycles. The first-order valence-electron chi connectivity index (χ1n) is 8.76. The van der Waals surface area contributed by atoms with Crippen molar-refractivity contribution in [2.24, 2.45) is 0 Å². The predicted octanol–water partition coefficient (Wildman–Crippen LogP) is 2.59. The molecule has 6 heteroatoms. The van der Waals surface area contributed by atoms with E-state index in [1.165, 1.54) is 6.07 Å². The van der Waals surface area contributed by atoms with Gasteiger partial charge in [0.25, 0.3) is 0 Å². The van der Waals surface area contributed by atoms with E-state index in [-0.39, 0.29) is 11.7 Å². The molecule has 1 aliphatic rings. The van der Waals surface area contributed by atoms with E-state index in [0.717, 1.165) is 38.3 Å². The average Bonchev–Trinajstić information content (AvgIpc) is 2.64. The number of methoxy groups -OCH3 is 1. The van der Waals surface area contributed by atoms with E-state index in [0.29, 0.717) is 18.0 Å². The van der Waals surface area contributed by atoms with Gasteiger partial charge in [-0.2, -0.15) is 0 Å². The lowest BCUT2D eigenvalue weighted by atomic mass is 10.2. The van der Waals surface area contributed by atoms with Crippen LogP contribution in [-0.4, -0.2) is 55.5 Å². The molecule has 138 valence electrons. The van der Waals surface area contributed by atoms with Crippen LogP contribution >= 0.6 is 0 Å². The van der Waals surface area contributed by atoms with E-state index < -0.39 is 0 Å². The van der Waals surface area contributed by atoms with Gasteiger partial charge in [-0.25, -0.2) is 4.39 Å². The van der Waals surface area contributed by atoms with Crippen molar-refractivity contribution in [2.45, 2.75) is 6.54 Å². The number of ether oxygens (including phenoxy) is 1. The van der Waals surface area contributed by atoms with E-state index in [1.807, 2.05) is 30.3 Å². The van der Waals surface area contributed by atoms with Gasteiger partial charge in [0.05, 0.1) is 19.3 Å². The largest absolute Gasteiger partial charge is 0.495 e. The number of benzene rings is 2. The van der Waals surface area contributed by atoms with Gasteiger partial charge >= 0.3 is 0 Å². The summed E-state index contributed by atoms with van der Waals surface area (Å²) in [6, 6.07) is 14.1. The van der Waals surface area contributed by atoms with Crippen LogP contribution in [0.15, 0.2) is 48.5 Å². The number of amides is 1. The summed E-state index contributed by atoms with van der Waals surface area (Å²) in [6.07, 6.45) is 0. The van der Waals surface area contributed by atoms with Gasteiger partial charge in [-0.05, 0) is 29.8 Å².